The van der Waals surface area contributed by atoms with E-state index in [0.717, 1.165) is 5.56 Å². The van der Waals surface area contributed by atoms with Crippen LogP contribution in [0.25, 0.3) is 0 Å². The van der Waals surface area contributed by atoms with Gasteiger partial charge in [0.1, 0.15) is 12.0 Å². The fraction of sp³-hybridized carbons (Fsp3) is 0.583. The van der Waals surface area contributed by atoms with Crippen molar-refractivity contribution in [1.29, 1.82) is 0 Å². The lowest BCUT2D eigenvalue weighted by atomic mass is 10.0. The van der Waals surface area contributed by atoms with Gasteiger partial charge in [0.2, 0.25) is 0 Å². The molecule has 100 valence electrons. The van der Waals surface area contributed by atoms with Crippen LogP contribution in [0.3, 0.4) is 0 Å². The first-order valence-corrected chi connectivity index (χ1v) is 5.94. The molecule has 1 aromatic heterocycles. The number of hydrogen-bond donors (Lipinski definition) is 2. The van der Waals surface area contributed by atoms with Gasteiger partial charge in [0.25, 0.3) is 5.69 Å². The van der Waals surface area contributed by atoms with Gasteiger partial charge in [-0.15, -0.1) is 0 Å². The third-order valence-electron chi connectivity index (χ3n) is 2.84. The van der Waals surface area contributed by atoms with Crippen molar-refractivity contribution >= 4 is 11.5 Å². The molecule has 0 aliphatic rings. The van der Waals surface area contributed by atoms with Crippen molar-refractivity contribution in [2.24, 2.45) is 5.92 Å². The molecule has 1 atom stereocenters. The van der Waals surface area contributed by atoms with Crippen LogP contribution in [0.4, 0.5) is 11.5 Å². The van der Waals surface area contributed by atoms with Crippen molar-refractivity contribution in [2.75, 3.05) is 11.9 Å². The predicted octanol–water partition coefficient (Wildman–Crippen LogP) is 2.12. The highest BCUT2D eigenvalue weighted by molar-refractivity contribution is 5.48. The lowest BCUT2D eigenvalue weighted by molar-refractivity contribution is -0.385. The van der Waals surface area contributed by atoms with Gasteiger partial charge in [-0.1, -0.05) is 13.8 Å². The maximum absolute atomic E-state index is 10.6. The van der Waals surface area contributed by atoms with Gasteiger partial charge in [0, 0.05) is 18.7 Å². The molecule has 0 radical (unpaired) electrons. The maximum Gasteiger partial charge on any atom is 0.287 e. The molecule has 0 saturated heterocycles. The zero-order chi connectivity index (χ0) is 13.7. The Hall–Kier alpha value is -1.69. The van der Waals surface area contributed by atoms with E-state index in [9.17, 15) is 10.1 Å². The Morgan fingerprint density at radius 3 is 2.67 bits per heavy atom. The Labute approximate surface area is 106 Å². The van der Waals surface area contributed by atoms with E-state index in [1.807, 2.05) is 13.8 Å². The smallest absolute Gasteiger partial charge is 0.287 e. The van der Waals surface area contributed by atoms with E-state index in [1.54, 1.807) is 6.92 Å². The van der Waals surface area contributed by atoms with Crippen LogP contribution in [-0.4, -0.2) is 27.7 Å². The number of aryl methyl sites for hydroxylation is 1. The standard InChI is InChI=1S/C12H19N3O3/c1-8(2)11(4-5-16)14-12-9(3)6-10(7-13-12)15(17)18/h6-8,11,16H,4-5H2,1-3H3,(H,13,14). The molecular formula is C12H19N3O3. The van der Waals surface area contributed by atoms with Gasteiger partial charge in [-0.05, 0) is 24.8 Å². The molecule has 1 heterocycles. The van der Waals surface area contributed by atoms with Crippen molar-refractivity contribution in [3.63, 3.8) is 0 Å². The van der Waals surface area contributed by atoms with Gasteiger partial charge >= 0.3 is 0 Å². The van der Waals surface area contributed by atoms with Crippen molar-refractivity contribution in [1.82, 2.24) is 4.98 Å². The molecule has 18 heavy (non-hydrogen) atoms. The molecule has 1 unspecified atom stereocenters. The summed E-state index contributed by atoms with van der Waals surface area (Å²) < 4.78 is 0. The average Bonchev–Trinajstić information content (AvgIpc) is 2.30. The van der Waals surface area contributed by atoms with Crippen LogP contribution < -0.4 is 5.32 Å². The van der Waals surface area contributed by atoms with Crippen LogP contribution >= 0.6 is 0 Å². The summed E-state index contributed by atoms with van der Waals surface area (Å²) in [6.45, 7) is 5.97. The summed E-state index contributed by atoms with van der Waals surface area (Å²) in [4.78, 5) is 14.2. The fourth-order valence-electron chi connectivity index (χ4n) is 1.70. The fourth-order valence-corrected chi connectivity index (χ4v) is 1.70. The minimum atomic E-state index is -0.461. The Morgan fingerprint density at radius 2 is 2.22 bits per heavy atom. The van der Waals surface area contributed by atoms with Crippen LogP contribution in [0.5, 0.6) is 0 Å². The minimum absolute atomic E-state index is 0.0127. The molecule has 0 aromatic carbocycles. The highest BCUT2D eigenvalue weighted by atomic mass is 16.6. The van der Waals surface area contributed by atoms with Crippen LogP contribution in [-0.2, 0) is 0 Å². The number of pyridine rings is 1. The van der Waals surface area contributed by atoms with E-state index in [-0.39, 0.29) is 18.3 Å². The Bertz CT molecular complexity index is 421. The van der Waals surface area contributed by atoms with E-state index >= 15 is 0 Å². The van der Waals surface area contributed by atoms with E-state index in [0.29, 0.717) is 18.2 Å². The molecule has 1 aromatic rings. The number of anilines is 1. The van der Waals surface area contributed by atoms with E-state index in [4.69, 9.17) is 5.11 Å². The van der Waals surface area contributed by atoms with Crippen LogP contribution in [0, 0.1) is 23.0 Å². The molecule has 0 spiro atoms. The number of nitrogens with one attached hydrogen (secondary N) is 1. The first kappa shape index (κ1) is 14.4. The molecule has 0 aliphatic heterocycles. The quantitative estimate of drug-likeness (QED) is 0.598. The van der Waals surface area contributed by atoms with Crippen molar-refractivity contribution < 1.29 is 10.0 Å². The number of aliphatic hydroxyl groups excluding tert-OH is 1. The Balaban J connectivity index is 2.86. The van der Waals surface area contributed by atoms with Gasteiger partial charge in [-0.2, -0.15) is 0 Å². The molecule has 0 fully saturated rings. The van der Waals surface area contributed by atoms with Crippen molar-refractivity contribution in [3.8, 4) is 0 Å². The highest BCUT2D eigenvalue weighted by Crippen LogP contribution is 2.20. The van der Waals surface area contributed by atoms with Crippen LogP contribution in [0.1, 0.15) is 25.8 Å². The Kier molecular flexibility index (Phi) is 5.03. The summed E-state index contributed by atoms with van der Waals surface area (Å²) in [7, 11) is 0. The molecule has 2 N–H and O–H groups in total. The molecule has 0 bridgehead atoms. The van der Waals surface area contributed by atoms with Crippen LogP contribution in [0.2, 0.25) is 0 Å². The lowest BCUT2D eigenvalue weighted by Gasteiger charge is -2.22. The lowest BCUT2D eigenvalue weighted by Crippen LogP contribution is -2.27. The third kappa shape index (κ3) is 3.66. The maximum atomic E-state index is 10.6. The summed E-state index contributed by atoms with van der Waals surface area (Å²) in [5.41, 5.74) is 0.717. The summed E-state index contributed by atoms with van der Waals surface area (Å²) in [5.74, 6) is 0.973. The second-order valence-corrected chi connectivity index (χ2v) is 4.62. The topological polar surface area (TPSA) is 88.3 Å². The molecule has 0 aliphatic carbocycles. The minimum Gasteiger partial charge on any atom is -0.396 e. The van der Waals surface area contributed by atoms with Gasteiger partial charge in [-0.3, -0.25) is 10.1 Å². The number of aliphatic hydroxyl groups is 1. The summed E-state index contributed by atoms with van der Waals surface area (Å²) in [6, 6.07) is 1.59. The SMILES string of the molecule is Cc1cc([N+](=O)[O-])cnc1NC(CCO)C(C)C. The predicted molar refractivity (Wildman–Crippen MR) is 69.6 cm³/mol. The number of nitrogens with zero attached hydrogens (tertiary/aromatic N) is 2. The van der Waals surface area contributed by atoms with Crippen molar-refractivity contribution in [3.05, 3.63) is 27.9 Å². The second-order valence-electron chi connectivity index (χ2n) is 4.62. The summed E-state index contributed by atoms with van der Waals surface area (Å²) in [5, 5.41) is 22.8. The molecule has 0 amide bonds. The second kappa shape index (κ2) is 6.30. The first-order chi connectivity index (χ1) is 8.45. The number of rotatable bonds is 6. The molecule has 0 saturated carbocycles. The zero-order valence-electron chi connectivity index (χ0n) is 10.9. The third-order valence-corrected chi connectivity index (χ3v) is 2.84. The Morgan fingerprint density at radius 1 is 1.56 bits per heavy atom. The van der Waals surface area contributed by atoms with Crippen LogP contribution in [0.15, 0.2) is 12.3 Å². The molecule has 1 rings (SSSR count). The van der Waals surface area contributed by atoms with E-state index in [2.05, 4.69) is 10.3 Å². The zero-order valence-corrected chi connectivity index (χ0v) is 10.9. The van der Waals surface area contributed by atoms with Gasteiger partial charge < -0.3 is 10.4 Å². The van der Waals surface area contributed by atoms with E-state index in [1.165, 1.54) is 12.3 Å². The van der Waals surface area contributed by atoms with Gasteiger partial charge in [0.15, 0.2) is 0 Å². The number of nitro groups is 1. The number of aromatic nitrogens is 1. The number of hydrogen-bond acceptors (Lipinski definition) is 5. The van der Waals surface area contributed by atoms with Crippen molar-refractivity contribution in [2.45, 2.75) is 33.2 Å². The largest absolute Gasteiger partial charge is 0.396 e. The average molecular weight is 253 g/mol. The van der Waals surface area contributed by atoms with Gasteiger partial charge in [0.05, 0.1) is 4.92 Å². The summed E-state index contributed by atoms with van der Waals surface area (Å²) in [6.07, 6.45) is 1.86. The molecule has 6 heteroatoms. The van der Waals surface area contributed by atoms with Gasteiger partial charge in [-0.25, -0.2) is 4.98 Å². The highest BCUT2D eigenvalue weighted by Gasteiger charge is 2.16. The monoisotopic (exact) mass is 253 g/mol. The van der Waals surface area contributed by atoms with E-state index < -0.39 is 4.92 Å². The first-order valence-electron chi connectivity index (χ1n) is 5.94. The molecule has 6 nitrogen and oxygen atoms in total. The normalized spacial score (nSPS) is 12.5. The molecular weight excluding hydrogens is 234 g/mol. The summed E-state index contributed by atoms with van der Waals surface area (Å²) >= 11 is 0.